The third-order valence-corrected chi connectivity index (χ3v) is 2.78. The SMILES string of the molecule is C[C@@H]1CC[C@H](C)[C@H](C(=O)O)C1. The quantitative estimate of drug-likeness (QED) is 0.631. The number of aliphatic carboxylic acids is 1. The third kappa shape index (κ3) is 1.95. The number of carboxylic acid groups (broad SMARTS) is 1. The molecular formula is C9H16O2. The molecule has 0 unspecified atom stereocenters. The van der Waals surface area contributed by atoms with Gasteiger partial charge in [-0.05, 0) is 24.7 Å². The molecule has 1 saturated carbocycles. The summed E-state index contributed by atoms with van der Waals surface area (Å²) in [4.78, 5) is 10.7. The molecule has 0 aliphatic heterocycles. The van der Waals surface area contributed by atoms with Crippen LogP contribution in [0.5, 0.6) is 0 Å². The number of hydrogen-bond donors (Lipinski definition) is 1. The van der Waals surface area contributed by atoms with E-state index >= 15 is 0 Å². The van der Waals surface area contributed by atoms with E-state index in [4.69, 9.17) is 5.11 Å². The van der Waals surface area contributed by atoms with Crippen molar-refractivity contribution in [2.24, 2.45) is 17.8 Å². The molecule has 1 aliphatic rings. The van der Waals surface area contributed by atoms with Crippen molar-refractivity contribution in [3.8, 4) is 0 Å². The van der Waals surface area contributed by atoms with Gasteiger partial charge in [-0.25, -0.2) is 0 Å². The molecule has 1 fully saturated rings. The minimum atomic E-state index is -0.607. The first-order valence-corrected chi connectivity index (χ1v) is 4.34. The molecule has 0 amide bonds. The van der Waals surface area contributed by atoms with Crippen LogP contribution in [0.2, 0.25) is 0 Å². The van der Waals surface area contributed by atoms with E-state index in [1.807, 2.05) is 6.92 Å². The van der Waals surface area contributed by atoms with Gasteiger partial charge in [0.2, 0.25) is 0 Å². The monoisotopic (exact) mass is 156 g/mol. The summed E-state index contributed by atoms with van der Waals surface area (Å²) in [6, 6.07) is 0. The first-order chi connectivity index (χ1) is 5.11. The Bertz CT molecular complexity index is 154. The smallest absolute Gasteiger partial charge is 0.306 e. The van der Waals surface area contributed by atoms with E-state index in [0.29, 0.717) is 11.8 Å². The van der Waals surface area contributed by atoms with Gasteiger partial charge in [0.05, 0.1) is 5.92 Å². The van der Waals surface area contributed by atoms with E-state index in [0.717, 1.165) is 12.8 Å². The zero-order valence-corrected chi connectivity index (χ0v) is 7.21. The van der Waals surface area contributed by atoms with Crippen LogP contribution in [0.3, 0.4) is 0 Å². The number of carboxylic acids is 1. The second-order valence-electron chi connectivity index (χ2n) is 3.84. The number of rotatable bonds is 1. The molecule has 0 saturated heterocycles. The van der Waals surface area contributed by atoms with E-state index in [1.165, 1.54) is 6.42 Å². The van der Waals surface area contributed by atoms with Gasteiger partial charge >= 0.3 is 5.97 Å². The van der Waals surface area contributed by atoms with Gasteiger partial charge in [0.1, 0.15) is 0 Å². The standard InChI is InChI=1S/C9H16O2/c1-6-3-4-7(2)8(5-6)9(10)11/h6-8H,3-5H2,1-2H3,(H,10,11)/t6-,7+,8-/m1/s1. The summed E-state index contributed by atoms with van der Waals surface area (Å²) in [5.41, 5.74) is 0. The minimum absolute atomic E-state index is 0.0845. The highest BCUT2D eigenvalue weighted by molar-refractivity contribution is 5.70. The lowest BCUT2D eigenvalue weighted by Crippen LogP contribution is -2.28. The summed E-state index contributed by atoms with van der Waals surface area (Å²) >= 11 is 0. The van der Waals surface area contributed by atoms with Crippen LogP contribution < -0.4 is 0 Å². The molecule has 0 spiro atoms. The first kappa shape index (κ1) is 8.57. The van der Waals surface area contributed by atoms with Gasteiger partial charge in [0.15, 0.2) is 0 Å². The maximum atomic E-state index is 10.7. The summed E-state index contributed by atoms with van der Waals surface area (Å²) in [7, 11) is 0. The molecular weight excluding hydrogens is 140 g/mol. The van der Waals surface area contributed by atoms with Crippen LogP contribution >= 0.6 is 0 Å². The van der Waals surface area contributed by atoms with Crippen LogP contribution in [0.25, 0.3) is 0 Å². The zero-order chi connectivity index (χ0) is 8.43. The van der Waals surface area contributed by atoms with Gasteiger partial charge in [-0.3, -0.25) is 4.79 Å². The van der Waals surface area contributed by atoms with Crippen LogP contribution in [-0.2, 0) is 4.79 Å². The van der Waals surface area contributed by atoms with Gasteiger partial charge < -0.3 is 5.11 Å². The van der Waals surface area contributed by atoms with Crippen LogP contribution in [0.1, 0.15) is 33.1 Å². The average molecular weight is 156 g/mol. The molecule has 1 N–H and O–H groups in total. The normalized spacial score (nSPS) is 38.5. The van der Waals surface area contributed by atoms with Gasteiger partial charge in [-0.2, -0.15) is 0 Å². The topological polar surface area (TPSA) is 37.3 Å². The van der Waals surface area contributed by atoms with Crippen molar-refractivity contribution < 1.29 is 9.90 Å². The molecule has 64 valence electrons. The maximum Gasteiger partial charge on any atom is 0.306 e. The zero-order valence-electron chi connectivity index (χ0n) is 7.21. The molecule has 0 aromatic heterocycles. The van der Waals surface area contributed by atoms with Crippen molar-refractivity contribution in [2.75, 3.05) is 0 Å². The molecule has 0 heterocycles. The Balaban J connectivity index is 2.54. The molecule has 2 heteroatoms. The molecule has 1 aliphatic carbocycles. The van der Waals surface area contributed by atoms with Crippen molar-refractivity contribution in [2.45, 2.75) is 33.1 Å². The lowest BCUT2D eigenvalue weighted by Gasteiger charge is -2.29. The Morgan fingerprint density at radius 2 is 2.00 bits per heavy atom. The van der Waals surface area contributed by atoms with Crippen molar-refractivity contribution in [3.63, 3.8) is 0 Å². The van der Waals surface area contributed by atoms with Crippen LogP contribution in [-0.4, -0.2) is 11.1 Å². The van der Waals surface area contributed by atoms with Crippen molar-refractivity contribution in [1.29, 1.82) is 0 Å². The highest BCUT2D eigenvalue weighted by atomic mass is 16.4. The summed E-state index contributed by atoms with van der Waals surface area (Å²) in [6.07, 6.45) is 3.15. The fourth-order valence-electron chi connectivity index (χ4n) is 1.88. The molecule has 0 radical (unpaired) electrons. The number of hydrogen-bond acceptors (Lipinski definition) is 1. The van der Waals surface area contributed by atoms with E-state index in [9.17, 15) is 4.79 Å². The van der Waals surface area contributed by atoms with Crippen molar-refractivity contribution in [3.05, 3.63) is 0 Å². The summed E-state index contributed by atoms with van der Waals surface area (Å²) < 4.78 is 0. The Labute approximate surface area is 67.6 Å². The second-order valence-corrected chi connectivity index (χ2v) is 3.84. The highest BCUT2D eigenvalue weighted by Crippen LogP contribution is 2.33. The van der Waals surface area contributed by atoms with Crippen molar-refractivity contribution in [1.82, 2.24) is 0 Å². The Morgan fingerprint density at radius 3 is 2.45 bits per heavy atom. The lowest BCUT2D eigenvalue weighted by atomic mass is 9.76. The van der Waals surface area contributed by atoms with Crippen LogP contribution in [0, 0.1) is 17.8 Å². The summed E-state index contributed by atoms with van der Waals surface area (Å²) in [5, 5.41) is 8.83. The number of carbonyl (C=O) groups is 1. The fourth-order valence-corrected chi connectivity index (χ4v) is 1.88. The Hall–Kier alpha value is -0.530. The Kier molecular flexibility index (Phi) is 2.53. The molecule has 1 rings (SSSR count). The fraction of sp³-hybridized carbons (Fsp3) is 0.889. The predicted octanol–water partition coefficient (Wildman–Crippen LogP) is 2.14. The van der Waals surface area contributed by atoms with E-state index < -0.39 is 5.97 Å². The molecule has 11 heavy (non-hydrogen) atoms. The van der Waals surface area contributed by atoms with Gasteiger partial charge in [-0.1, -0.05) is 20.3 Å². The molecule has 0 aromatic rings. The lowest BCUT2D eigenvalue weighted by molar-refractivity contribution is -0.145. The minimum Gasteiger partial charge on any atom is -0.481 e. The molecule has 2 nitrogen and oxygen atoms in total. The Morgan fingerprint density at radius 1 is 1.36 bits per heavy atom. The largest absolute Gasteiger partial charge is 0.481 e. The molecule has 3 atom stereocenters. The van der Waals surface area contributed by atoms with E-state index in [1.54, 1.807) is 0 Å². The van der Waals surface area contributed by atoms with Gasteiger partial charge in [0, 0.05) is 0 Å². The summed E-state index contributed by atoms with van der Waals surface area (Å²) in [6.45, 7) is 4.19. The van der Waals surface area contributed by atoms with E-state index in [2.05, 4.69) is 6.92 Å². The third-order valence-electron chi connectivity index (χ3n) is 2.78. The average Bonchev–Trinajstić information content (AvgIpc) is 1.94. The highest BCUT2D eigenvalue weighted by Gasteiger charge is 2.30. The first-order valence-electron chi connectivity index (χ1n) is 4.34. The van der Waals surface area contributed by atoms with E-state index in [-0.39, 0.29) is 5.92 Å². The van der Waals surface area contributed by atoms with Crippen LogP contribution in [0.15, 0.2) is 0 Å². The second kappa shape index (κ2) is 3.24. The molecule has 0 bridgehead atoms. The van der Waals surface area contributed by atoms with Gasteiger partial charge in [0.25, 0.3) is 0 Å². The molecule has 0 aromatic carbocycles. The van der Waals surface area contributed by atoms with Crippen LogP contribution in [0.4, 0.5) is 0 Å². The van der Waals surface area contributed by atoms with Gasteiger partial charge in [-0.15, -0.1) is 0 Å². The van der Waals surface area contributed by atoms with Crippen molar-refractivity contribution >= 4 is 5.97 Å². The maximum absolute atomic E-state index is 10.7. The predicted molar refractivity (Wildman–Crippen MR) is 43.3 cm³/mol. The summed E-state index contributed by atoms with van der Waals surface area (Å²) in [5.74, 6) is 0.291.